The predicted molar refractivity (Wildman–Crippen MR) is 167 cm³/mol. The molecule has 40 heavy (non-hydrogen) atoms. The van der Waals surface area contributed by atoms with E-state index in [1.165, 1.54) is 13.2 Å². The molecule has 0 radical (unpaired) electrons. The lowest BCUT2D eigenvalue weighted by molar-refractivity contribution is -0.122. The molecular formula is C31H24BrIN2O5. The Morgan fingerprint density at radius 1 is 0.975 bits per heavy atom. The molecule has 0 bridgehead atoms. The molecule has 0 atom stereocenters. The molecule has 202 valence electrons. The summed E-state index contributed by atoms with van der Waals surface area (Å²) in [6.45, 7) is 4.18. The Morgan fingerprint density at radius 2 is 1.75 bits per heavy atom. The number of hydrogen-bond donors (Lipinski definition) is 1. The fourth-order valence-electron chi connectivity index (χ4n) is 4.66. The Balaban J connectivity index is 1.47. The van der Waals surface area contributed by atoms with Gasteiger partial charge in [0.2, 0.25) is 0 Å². The van der Waals surface area contributed by atoms with Crippen LogP contribution in [-0.4, -0.2) is 25.0 Å². The molecule has 5 rings (SSSR count). The summed E-state index contributed by atoms with van der Waals surface area (Å²) < 4.78 is 13.5. The van der Waals surface area contributed by atoms with Crippen LogP contribution in [0.15, 0.2) is 76.8 Å². The van der Waals surface area contributed by atoms with Crippen LogP contribution in [0.4, 0.5) is 10.5 Å². The van der Waals surface area contributed by atoms with Crippen molar-refractivity contribution in [2.75, 3.05) is 12.0 Å². The maximum atomic E-state index is 13.4. The molecule has 0 spiro atoms. The van der Waals surface area contributed by atoms with Crippen molar-refractivity contribution in [3.05, 3.63) is 103 Å². The van der Waals surface area contributed by atoms with Gasteiger partial charge >= 0.3 is 6.03 Å². The van der Waals surface area contributed by atoms with E-state index in [4.69, 9.17) is 9.47 Å². The van der Waals surface area contributed by atoms with E-state index in [1.54, 1.807) is 37.3 Å². The summed E-state index contributed by atoms with van der Waals surface area (Å²) in [7, 11) is 1.54. The number of nitrogens with zero attached hydrogens (tertiary/aromatic N) is 1. The molecule has 1 N–H and O–H groups in total. The SMILES string of the molecule is COc1cc(/C=C2/C(=O)NC(=O)N(c3ccc(Br)cc3C)C2=O)cc(I)c1OCc1c(C)ccc2ccccc12. The highest BCUT2D eigenvalue weighted by atomic mass is 127. The normalized spacial score (nSPS) is 14.6. The minimum Gasteiger partial charge on any atom is -0.493 e. The summed E-state index contributed by atoms with van der Waals surface area (Å²) >= 11 is 5.53. The van der Waals surface area contributed by atoms with Crippen LogP contribution >= 0.6 is 38.5 Å². The predicted octanol–water partition coefficient (Wildman–Crippen LogP) is 7.08. The average molecular weight is 711 g/mol. The zero-order chi connectivity index (χ0) is 28.6. The third kappa shape index (κ3) is 5.35. The lowest BCUT2D eigenvalue weighted by Gasteiger charge is -2.27. The van der Waals surface area contributed by atoms with Gasteiger partial charge in [-0.1, -0.05) is 52.3 Å². The van der Waals surface area contributed by atoms with Crippen molar-refractivity contribution >= 4 is 78.9 Å². The van der Waals surface area contributed by atoms with Gasteiger partial charge in [-0.05, 0) is 100 Å². The number of halogens is 2. The topological polar surface area (TPSA) is 84.9 Å². The van der Waals surface area contributed by atoms with Gasteiger partial charge in [-0.3, -0.25) is 14.9 Å². The van der Waals surface area contributed by atoms with E-state index < -0.39 is 17.8 Å². The number of carbonyl (C=O) groups is 3. The molecule has 1 saturated heterocycles. The van der Waals surface area contributed by atoms with Crippen molar-refractivity contribution in [3.8, 4) is 11.5 Å². The maximum absolute atomic E-state index is 13.4. The first-order valence-corrected chi connectivity index (χ1v) is 14.2. The van der Waals surface area contributed by atoms with Crippen LogP contribution in [0.5, 0.6) is 11.5 Å². The van der Waals surface area contributed by atoms with Crippen molar-refractivity contribution in [1.29, 1.82) is 0 Å². The number of urea groups is 1. The van der Waals surface area contributed by atoms with Gasteiger partial charge in [0.15, 0.2) is 11.5 Å². The standard InChI is InChI=1S/C31H24BrIN2O5/c1-17-8-9-20-6-4-5-7-22(20)24(17)16-40-28-25(33)14-19(15-27(28)39-3)13-23-29(36)34-31(38)35(30(23)37)26-11-10-21(32)12-18(26)2/h4-15H,16H2,1-3H3,(H,34,36,38)/b23-13-. The van der Waals surface area contributed by atoms with Gasteiger partial charge in [0, 0.05) is 10.0 Å². The number of anilines is 1. The molecule has 7 nitrogen and oxygen atoms in total. The fraction of sp³-hybridized carbons (Fsp3) is 0.129. The van der Waals surface area contributed by atoms with Crippen molar-refractivity contribution < 1.29 is 23.9 Å². The number of aryl methyl sites for hydroxylation is 2. The van der Waals surface area contributed by atoms with E-state index in [1.807, 2.05) is 12.1 Å². The monoisotopic (exact) mass is 710 g/mol. The molecule has 4 amide bonds. The maximum Gasteiger partial charge on any atom is 0.335 e. The second-order valence-electron chi connectivity index (χ2n) is 9.29. The summed E-state index contributed by atoms with van der Waals surface area (Å²) in [5.74, 6) is -0.460. The third-order valence-electron chi connectivity index (χ3n) is 6.70. The second kappa shape index (κ2) is 11.4. The first kappa shape index (κ1) is 27.9. The van der Waals surface area contributed by atoms with E-state index in [2.05, 4.69) is 75.0 Å². The molecule has 9 heteroatoms. The quantitative estimate of drug-likeness (QED) is 0.131. The highest BCUT2D eigenvalue weighted by Gasteiger charge is 2.37. The molecule has 1 fully saturated rings. The van der Waals surface area contributed by atoms with Gasteiger partial charge in [-0.2, -0.15) is 0 Å². The number of fused-ring (bicyclic) bond motifs is 1. The minimum atomic E-state index is -0.794. The number of nitrogens with one attached hydrogen (secondary N) is 1. The van der Waals surface area contributed by atoms with Gasteiger partial charge in [0.25, 0.3) is 11.8 Å². The number of benzene rings is 4. The lowest BCUT2D eigenvalue weighted by atomic mass is 10.0. The van der Waals surface area contributed by atoms with E-state index in [9.17, 15) is 14.4 Å². The first-order valence-electron chi connectivity index (χ1n) is 12.3. The molecule has 0 unspecified atom stereocenters. The number of ether oxygens (including phenoxy) is 2. The van der Waals surface area contributed by atoms with Crippen LogP contribution in [0.2, 0.25) is 0 Å². The Morgan fingerprint density at radius 3 is 2.50 bits per heavy atom. The van der Waals surface area contributed by atoms with Crippen LogP contribution in [-0.2, 0) is 16.2 Å². The van der Waals surface area contributed by atoms with Gasteiger partial charge in [0.1, 0.15) is 12.2 Å². The van der Waals surface area contributed by atoms with E-state index in [0.717, 1.165) is 34.8 Å². The number of imide groups is 2. The Hall–Kier alpha value is -3.70. The third-order valence-corrected chi connectivity index (χ3v) is 7.99. The summed E-state index contributed by atoms with van der Waals surface area (Å²) in [4.78, 5) is 39.7. The molecule has 1 heterocycles. The number of rotatable bonds is 6. The first-order chi connectivity index (χ1) is 19.2. The second-order valence-corrected chi connectivity index (χ2v) is 11.4. The molecule has 0 saturated carbocycles. The van der Waals surface area contributed by atoms with Crippen molar-refractivity contribution in [2.24, 2.45) is 0 Å². The zero-order valence-corrected chi connectivity index (χ0v) is 25.6. The average Bonchev–Trinajstić information content (AvgIpc) is 2.92. The van der Waals surface area contributed by atoms with Gasteiger partial charge in [-0.25, -0.2) is 9.69 Å². The van der Waals surface area contributed by atoms with Crippen LogP contribution in [0, 0.1) is 17.4 Å². The molecule has 1 aliphatic rings. The van der Waals surface area contributed by atoms with Crippen LogP contribution in [0.1, 0.15) is 22.3 Å². The number of barbiturate groups is 1. The van der Waals surface area contributed by atoms with E-state index in [-0.39, 0.29) is 5.57 Å². The molecular weight excluding hydrogens is 687 g/mol. The number of amides is 4. The fourth-order valence-corrected chi connectivity index (χ4v) is 5.91. The summed E-state index contributed by atoms with van der Waals surface area (Å²) in [6, 6.07) is 20.2. The molecule has 0 aliphatic carbocycles. The number of carbonyl (C=O) groups excluding carboxylic acids is 3. The summed E-state index contributed by atoms with van der Waals surface area (Å²) in [5, 5.41) is 4.53. The Bertz CT molecular complexity index is 1730. The molecule has 0 aromatic heterocycles. The van der Waals surface area contributed by atoms with Crippen LogP contribution in [0.25, 0.3) is 16.8 Å². The Kier molecular flexibility index (Phi) is 7.95. The molecule has 4 aromatic carbocycles. The zero-order valence-electron chi connectivity index (χ0n) is 21.9. The molecule has 4 aromatic rings. The minimum absolute atomic E-state index is 0.167. The smallest absolute Gasteiger partial charge is 0.335 e. The van der Waals surface area contributed by atoms with Gasteiger partial charge < -0.3 is 9.47 Å². The lowest BCUT2D eigenvalue weighted by Crippen LogP contribution is -2.54. The van der Waals surface area contributed by atoms with Crippen molar-refractivity contribution in [3.63, 3.8) is 0 Å². The van der Waals surface area contributed by atoms with Gasteiger partial charge in [0.05, 0.1) is 16.4 Å². The number of methoxy groups -OCH3 is 1. The largest absolute Gasteiger partial charge is 0.493 e. The highest BCUT2D eigenvalue weighted by Crippen LogP contribution is 2.36. The van der Waals surface area contributed by atoms with Gasteiger partial charge in [-0.15, -0.1) is 0 Å². The summed E-state index contributed by atoms with van der Waals surface area (Å²) in [5.41, 5.74) is 3.68. The van der Waals surface area contributed by atoms with E-state index >= 15 is 0 Å². The van der Waals surface area contributed by atoms with E-state index in [0.29, 0.717) is 34.9 Å². The number of hydrogen-bond acceptors (Lipinski definition) is 5. The summed E-state index contributed by atoms with van der Waals surface area (Å²) in [6.07, 6.45) is 1.45. The van der Waals surface area contributed by atoms with Crippen molar-refractivity contribution in [2.45, 2.75) is 20.5 Å². The van der Waals surface area contributed by atoms with Crippen LogP contribution in [0.3, 0.4) is 0 Å². The molecule has 1 aliphatic heterocycles. The highest BCUT2D eigenvalue weighted by molar-refractivity contribution is 14.1. The van der Waals surface area contributed by atoms with Crippen molar-refractivity contribution in [1.82, 2.24) is 5.32 Å². The Labute approximate surface area is 253 Å². The van der Waals surface area contributed by atoms with Crippen LogP contribution < -0.4 is 19.7 Å².